The highest BCUT2D eigenvalue weighted by molar-refractivity contribution is 5.85. The maximum absolute atomic E-state index is 13.0. The van der Waals surface area contributed by atoms with Gasteiger partial charge in [-0.3, -0.25) is 4.79 Å². The molecule has 3 atom stereocenters. The molecule has 3 rings (SSSR count). The maximum atomic E-state index is 13.0. The first-order valence-electron chi connectivity index (χ1n) is 8.93. The fourth-order valence-electron chi connectivity index (χ4n) is 3.30. The Kier molecular flexibility index (Phi) is 6.78. The van der Waals surface area contributed by atoms with Crippen molar-refractivity contribution in [1.29, 1.82) is 0 Å². The molecule has 26 heavy (non-hydrogen) atoms. The van der Waals surface area contributed by atoms with Gasteiger partial charge in [0.2, 0.25) is 11.8 Å². The van der Waals surface area contributed by atoms with E-state index in [1.807, 2.05) is 56.0 Å². The molecular formula is C19H27ClN4O2. The summed E-state index contributed by atoms with van der Waals surface area (Å²) >= 11 is 0. The van der Waals surface area contributed by atoms with Gasteiger partial charge in [-0.1, -0.05) is 56.3 Å². The molecule has 0 aliphatic carbocycles. The van der Waals surface area contributed by atoms with Crippen LogP contribution in [0.15, 0.2) is 34.9 Å². The van der Waals surface area contributed by atoms with Crippen LogP contribution in [0.3, 0.4) is 0 Å². The quantitative estimate of drug-likeness (QED) is 0.858. The fraction of sp³-hybridized carbons (Fsp3) is 0.526. The predicted octanol–water partition coefficient (Wildman–Crippen LogP) is 3.61. The van der Waals surface area contributed by atoms with E-state index in [9.17, 15) is 4.79 Å². The summed E-state index contributed by atoms with van der Waals surface area (Å²) in [6, 6.07) is 9.31. The molecule has 6 nitrogen and oxygen atoms in total. The normalized spacial score (nSPS) is 19.3. The maximum Gasteiger partial charge on any atom is 0.229 e. The van der Waals surface area contributed by atoms with E-state index in [0.717, 1.165) is 18.4 Å². The number of carbonyl (C=O) groups is 1. The number of nitrogens with zero attached hydrogens (tertiary/aromatic N) is 3. The number of halogens is 1. The molecule has 0 bridgehead atoms. The highest BCUT2D eigenvalue weighted by Gasteiger charge is 2.37. The third-order valence-corrected chi connectivity index (χ3v) is 4.90. The third kappa shape index (κ3) is 4.07. The van der Waals surface area contributed by atoms with Gasteiger partial charge in [0.15, 0.2) is 5.82 Å². The van der Waals surface area contributed by atoms with Crippen molar-refractivity contribution >= 4 is 18.3 Å². The lowest BCUT2D eigenvalue weighted by atomic mass is 9.94. The second kappa shape index (κ2) is 8.64. The van der Waals surface area contributed by atoms with Crippen LogP contribution in [0.4, 0.5) is 0 Å². The zero-order valence-corrected chi connectivity index (χ0v) is 16.3. The van der Waals surface area contributed by atoms with Crippen molar-refractivity contribution in [3.05, 3.63) is 47.6 Å². The van der Waals surface area contributed by atoms with Gasteiger partial charge >= 0.3 is 0 Å². The monoisotopic (exact) mass is 378 g/mol. The Morgan fingerprint density at radius 1 is 1.27 bits per heavy atom. The first-order chi connectivity index (χ1) is 12.0. The van der Waals surface area contributed by atoms with Gasteiger partial charge in [-0.25, -0.2) is 0 Å². The summed E-state index contributed by atoms with van der Waals surface area (Å²) in [5.74, 6) is 1.14. The highest BCUT2D eigenvalue weighted by atomic mass is 35.5. The molecule has 1 fully saturated rings. The minimum atomic E-state index is -0.327. The van der Waals surface area contributed by atoms with Gasteiger partial charge in [-0.15, -0.1) is 12.4 Å². The summed E-state index contributed by atoms with van der Waals surface area (Å²) in [7, 11) is 0. The van der Waals surface area contributed by atoms with E-state index in [0.29, 0.717) is 18.3 Å². The number of rotatable bonds is 5. The summed E-state index contributed by atoms with van der Waals surface area (Å²) < 4.78 is 5.32. The Labute approximate surface area is 160 Å². The van der Waals surface area contributed by atoms with Gasteiger partial charge in [-0.2, -0.15) is 4.98 Å². The van der Waals surface area contributed by atoms with Crippen molar-refractivity contribution < 1.29 is 9.32 Å². The van der Waals surface area contributed by atoms with Gasteiger partial charge < -0.3 is 15.2 Å². The van der Waals surface area contributed by atoms with Crippen LogP contribution in [0.5, 0.6) is 0 Å². The summed E-state index contributed by atoms with van der Waals surface area (Å²) in [4.78, 5) is 19.4. The Balaban J connectivity index is 0.00000243. The number of hydrogen-bond acceptors (Lipinski definition) is 5. The van der Waals surface area contributed by atoms with Crippen LogP contribution < -0.4 is 5.73 Å². The van der Waals surface area contributed by atoms with Crippen LogP contribution in [0.2, 0.25) is 0 Å². The van der Waals surface area contributed by atoms with E-state index in [-0.39, 0.29) is 42.2 Å². The molecule has 1 amide bonds. The predicted molar refractivity (Wildman–Crippen MR) is 102 cm³/mol. The van der Waals surface area contributed by atoms with Gasteiger partial charge in [0.1, 0.15) is 0 Å². The molecule has 3 unspecified atom stereocenters. The molecule has 2 heterocycles. The summed E-state index contributed by atoms with van der Waals surface area (Å²) in [6.45, 7) is 6.62. The van der Waals surface area contributed by atoms with Crippen molar-refractivity contribution in [2.24, 2.45) is 11.7 Å². The van der Waals surface area contributed by atoms with Gasteiger partial charge in [-0.05, 0) is 18.4 Å². The molecular weight excluding hydrogens is 352 g/mol. The number of amides is 1. The van der Waals surface area contributed by atoms with Crippen molar-refractivity contribution in [3.63, 3.8) is 0 Å². The number of benzene rings is 1. The van der Waals surface area contributed by atoms with Crippen LogP contribution in [0.25, 0.3) is 0 Å². The number of likely N-dealkylation sites (tertiary alicyclic amines) is 1. The van der Waals surface area contributed by atoms with Gasteiger partial charge in [0.05, 0.1) is 12.0 Å². The number of aromatic nitrogens is 2. The van der Waals surface area contributed by atoms with Crippen LogP contribution >= 0.6 is 12.4 Å². The molecule has 1 aliphatic rings. The minimum absolute atomic E-state index is 0. The van der Waals surface area contributed by atoms with Crippen molar-refractivity contribution in [2.45, 2.75) is 51.6 Å². The largest absolute Gasteiger partial charge is 0.339 e. The Morgan fingerprint density at radius 2 is 1.96 bits per heavy atom. The average molecular weight is 379 g/mol. The molecule has 0 spiro atoms. The SMILES string of the molecule is CC(C)c1nc(C2CCCN2C(=O)C(C)C(N)c2ccccc2)no1.Cl. The molecule has 1 aliphatic heterocycles. The standard InChI is InChI=1S/C19H26N4O2.ClH/c1-12(2)18-21-17(22-25-18)15-10-7-11-23(15)19(24)13(3)16(20)14-8-5-4-6-9-14;/h4-6,8-9,12-13,15-16H,7,10-11,20H2,1-3H3;1H. The summed E-state index contributed by atoms with van der Waals surface area (Å²) in [5, 5.41) is 4.10. The molecule has 1 aromatic heterocycles. The third-order valence-electron chi connectivity index (χ3n) is 4.90. The molecule has 1 saturated heterocycles. The fourth-order valence-corrected chi connectivity index (χ4v) is 3.30. The highest BCUT2D eigenvalue weighted by Crippen LogP contribution is 2.33. The topological polar surface area (TPSA) is 85.2 Å². The first-order valence-corrected chi connectivity index (χ1v) is 8.93. The van der Waals surface area contributed by atoms with E-state index in [2.05, 4.69) is 10.1 Å². The Morgan fingerprint density at radius 3 is 2.58 bits per heavy atom. The number of nitrogens with two attached hydrogens (primary N) is 1. The van der Waals surface area contributed by atoms with Crippen molar-refractivity contribution in [1.82, 2.24) is 15.0 Å². The molecule has 0 radical (unpaired) electrons. The van der Waals surface area contributed by atoms with Crippen molar-refractivity contribution in [3.8, 4) is 0 Å². The lowest BCUT2D eigenvalue weighted by molar-refractivity contribution is -0.136. The Hall–Kier alpha value is -1.92. The van der Waals surface area contributed by atoms with E-state index in [4.69, 9.17) is 10.3 Å². The molecule has 2 N–H and O–H groups in total. The summed E-state index contributed by atoms with van der Waals surface area (Å²) in [6.07, 6.45) is 1.80. The van der Waals surface area contributed by atoms with Crippen LogP contribution in [-0.4, -0.2) is 27.5 Å². The molecule has 2 aromatic rings. The number of carbonyl (C=O) groups excluding carboxylic acids is 1. The van der Waals surface area contributed by atoms with Gasteiger partial charge in [0.25, 0.3) is 0 Å². The van der Waals surface area contributed by atoms with E-state index < -0.39 is 0 Å². The van der Waals surface area contributed by atoms with Gasteiger partial charge in [0, 0.05) is 18.5 Å². The zero-order chi connectivity index (χ0) is 18.0. The molecule has 0 saturated carbocycles. The van der Waals surface area contributed by atoms with E-state index in [1.165, 1.54) is 0 Å². The summed E-state index contributed by atoms with van der Waals surface area (Å²) in [5.41, 5.74) is 7.31. The van der Waals surface area contributed by atoms with Crippen LogP contribution in [-0.2, 0) is 4.79 Å². The average Bonchev–Trinajstić information content (AvgIpc) is 3.29. The number of hydrogen-bond donors (Lipinski definition) is 1. The molecule has 7 heteroatoms. The zero-order valence-electron chi connectivity index (χ0n) is 15.5. The smallest absolute Gasteiger partial charge is 0.229 e. The molecule has 1 aromatic carbocycles. The lowest BCUT2D eigenvalue weighted by Crippen LogP contribution is -2.39. The second-order valence-corrected chi connectivity index (χ2v) is 7.06. The van der Waals surface area contributed by atoms with Crippen molar-refractivity contribution in [2.75, 3.05) is 6.54 Å². The second-order valence-electron chi connectivity index (χ2n) is 7.06. The first kappa shape index (κ1) is 20.4. The lowest BCUT2D eigenvalue weighted by Gasteiger charge is -2.28. The molecule has 142 valence electrons. The van der Waals surface area contributed by atoms with Crippen LogP contribution in [0.1, 0.15) is 68.9 Å². The van der Waals surface area contributed by atoms with Crippen LogP contribution in [0, 0.1) is 5.92 Å². The minimum Gasteiger partial charge on any atom is -0.339 e. The van der Waals surface area contributed by atoms with E-state index in [1.54, 1.807) is 0 Å². The van der Waals surface area contributed by atoms with E-state index >= 15 is 0 Å². The Bertz CT molecular complexity index is 719.